The second-order valence-electron chi connectivity index (χ2n) is 7.18. The molecule has 1 heterocycles. The van der Waals surface area contributed by atoms with E-state index in [1.54, 1.807) is 0 Å². The lowest BCUT2D eigenvalue weighted by Crippen LogP contribution is -2.53. The minimum atomic E-state index is -1.25. The molecular formula is C19H30O5. The van der Waals surface area contributed by atoms with Crippen LogP contribution in [0.5, 0.6) is 0 Å². The lowest BCUT2D eigenvalue weighted by Gasteiger charge is -2.48. The number of ether oxygens (including phenoxy) is 4. The zero-order chi connectivity index (χ0) is 18.0. The van der Waals surface area contributed by atoms with Crippen molar-refractivity contribution >= 4 is 0 Å². The van der Waals surface area contributed by atoms with Crippen LogP contribution in [0, 0.1) is 17.3 Å². The van der Waals surface area contributed by atoms with Crippen LogP contribution in [0.1, 0.15) is 48.0 Å². The third-order valence-electron chi connectivity index (χ3n) is 4.70. The summed E-state index contributed by atoms with van der Waals surface area (Å²) in [4.78, 5) is 0. The van der Waals surface area contributed by atoms with Crippen LogP contribution in [-0.4, -0.2) is 48.7 Å². The highest BCUT2D eigenvalue weighted by atomic mass is 16.7. The van der Waals surface area contributed by atoms with E-state index in [-0.39, 0.29) is 12.4 Å². The van der Waals surface area contributed by atoms with E-state index in [2.05, 4.69) is 11.8 Å². The lowest BCUT2D eigenvalue weighted by molar-refractivity contribution is -0.169. The molecule has 1 saturated heterocycles. The SMILES string of the molecule is CCOC(C)OC(C)C#CC1(O)C(C)=CC2(CC1(C)C)OCCO2. The number of aliphatic hydroxyl groups is 1. The van der Waals surface area contributed by atoms with E-state index >= 15 is 0 Å². The molecule has 1 fully saturated rings. The molecule has 0 radical (unpaired) electrons. The summed E-state index contributed by atoms with van der Waals surface area (Å²) in [6, 6.07) is 0. The highest BCUT2D eigenvalue weighted by Gasteiger charge is 2.54. The fourth-order valence-electron chi connectivity index (χ4n) is 3.49. The van der Waals surface area contributed by atoms with Crippen LogP contribution in [0.4, 0.5) is 0 Å². The second-order valence-corrected chi connectivity index (χ2v) is 7.18. The van der Waals surface area contributed by atoms with E-state index < -0.39 is 16.8 Å². The van der Waals surface area contributed by atoms with Gasteiger partial charge in [-0.1, -0.05) is 25.7 Å². The molecule has 0 saturated carbocycles. The Bertz CT molecular complexity index is 536. The van der Waals surface area contributed by atoms with Crippen LogP contribution in [0.25, 0.3) is 0 Å². The Morgan fingerprint density at radius 2 is 1.92 bits per heavy atom. The van der Waals surface area contributed by atoms with Crippen LogP contribution in [0.15, 0.2) is 11.6 Å². The molecule has 0 amide bonds. The van der Waals surface area contributed by atoms with Crippen molar-refractivity contribution in [1.82, 2.24) is 0 Å². The molecule has 3 atom stereocenters. The fourth-order valence-corrected chi connectivity index (χ4v) is 3.49. The Morgan fingerprint density at radius 3 is 2.46 bits per heavy atom. The predicted octanol–water partition coefficient (Wildman–Crippen LogP) is 2.63. The molecule has 0 aromatic heterocycles. The molecule has 1 spiro atoms. The van der Waals surface area contributed by atoms with Gasteiger partial charge in [0, 0.05) is 18.4 Å². The van der Waals surface area contributed by atoms with E-state index in [1.807, 2.05) is 47.6 Å². The Labute approximate surface area is 145 Å². The maximum atomic E-state index is 11.3. The monoisotopic (exact) mass is 338 g/mol. The average molecular weight is 338 g/mol. The van der Waals surface area contributed by atoms with E-state index in [9.17, 15) is 5.11 Å². The molecule has 2 aliphatic rings. The molecule has 136 valence electrons. The first kappa shape index (κ1) is 19.4. The highest BCUT2D eigenvalue weighted by molar-refractivity contribution is 5.38. The standard InChI is InChI=1S/C19H30O5/c1-7-21-16(4)24-15(3)8-9-19(20)14(2)12-18(13-17(19,5)6)22-10-11-23-18/h12,15-16,20H,7,10-11,13H2,1-6H3. The van der Waals surface area contributed by atoms with Gasteiger partial charge < -0.3 is 24.1 Å². The molecule has 0 aromatic rings. The highest BCUT2D eigenvalue weighted by Crippen LogP contribution is 2.49. The fraction of sp³-hybridized carbons (Fsp3) is 0.789. The van der Waals surface area contributed by atoms with Crippen LogP contribution in [0.3, 0.4) is 0 Å². The summed E-state index contributed by atoms with van der Waals surface area (Å²) in [6.45, 7) is 13.2. The van der Waals surface area contributed by atoms with Gasteiger partial charge in [-0.05, 0) is 39.3 Å². The maximum Gasteiger partial charge on any atom is 0.189 e. The van der Waals surface area contributed by atoms with Crippen LogP contribution >= 0.6 is 0 Å². The summed E-state index contributed by atoms with van der Waals surface area (Å²) >= 11 is 0. The van der Waals surface area contributed by atoms with Crippen molar-refractivity contribution in [3.8, 4) is 11.8 Å². The third-order valence-corrected chi connectivity index (χ3v) is 4.70. The summed E-state index contributed by atoms with van der Waals surface area (Å²) in [5.41, 5.74) is -1.02. The van der Waals surface area contributed by atoms with E-state index in [1.165, 1.54) is 0 Å². The molecule has 2 rings (SSSR count). The van der Waals surface area contributed by atoms with Crippen LogP contribution in [-0.2, 0) is 18.9 Å². The van der Waals surface area contributed by atoms with Gasteiger partial charge >= 0.3 is 0 Å². The summed E-state index contributed by atoms with van der Waals surface area (Å²) < 4.78 is 22.6. The molecule has 1 aliphatic heterocycles. The summed E-state index contributed by atoms with van der Waals surface area (Å²) in [6.07, 6.45) is 1.75. The summed E-state index contributed by atoms with van der Waals surface area (Å²) in [7, 11) is 0. The average Bonchev–Trinajstić information content (AvgIpc) is 2.90. The Hall–Kier alpha value is -0.900. The van der Waals surface area contributed by atoms with Gasteiger partial charge in [-0.25, -0.2) is 0 Å². The number of hydrogen-bond donors (Lipinski definition) is 1. The topological polar surface area (TPSA) is 57.2 Å². The van der Waals surface area contributed by atoms with Crippen molar-refractivity contribution in [3.05, 3.63) is 11.6 Å². The zero-order valence-corrected chi connectivity index (χ0v) is 15.6. The maximum absolute atomic E-state index is 11.3. The first-order chi connectivity index (χ1) is 11.1. The van der Waals surface area contributed by atoms with Crippen LogP contribution < -0.4 is 0 Å². The Balaban J connectivity index is 2.20. The molecule has 5 nitrogen and oxygen atoms in total. The van der Waals surface area contributed by atoms with E-state index in [0.29, 0.717) is 26.2 Å². The molecule has 0 bridgehead atoms. The normalized spacial score (nSPS) is 30.4. The minimum absolute atomic E-state index is 0.325. The Kier molecular flexibility index (Phi) is 5.79. The number of rotatable bonds is 4. The molecule has 1 aliphatic carbocycles. The largest absolute Gasteiger partial charge is 0.373 e. The van der Waals surface area contributed by atoms with Gasteiger partial charge in [-0.15, -0.1) is 0 Å². The van der Waals surface area contributed by atoms with Crippen molar-refractivity contribution in [3.63, 3.8) is 0 Å². The first-order valence-corrected chi connectivity index (χ1v) is 8.64. The quantitative estimate of drug-likeness (QED) is 0.485. The number of hydrogen-bond acceptors (Lipinski definition) is 5. The molecule has 0 aromatic carbocycles. The van der Waals surface area contributed by atoms with E-state index in [0.717, 1.165) is 5.57 Å². The first-order valence-electron chi connectivity index (χ1n) is 8.64. The van der Waals surface area contributed by atoms with Crippen molar-refractivity contribution in [1.29, 1.82) is 0 Å². The smallest absolute Gasteiger partial charge is 0.189 e. The molecule has 3 unspecified atom stereocenters. The third kappa shape index (κ3) is 3.84. The van der Waals surface area contributed by atoms with Gasteiger partial charge in [0.05, 0.1) is 13.2 Å². The van der Waals surface area contributed by atoms with Gasteiger partial charge in [-0.3, -0.25) is 0 Å². The second kappa shape index (κ2) is 7.15. The van der Waals surface area contributed by atoms with E-state index in [4.69, 9.17) is 18.9 Å². The van der Waals surface area contributed by atoms with Gasteiger partial charge in [0.25, 0.3) is 0 Å². The van der Waals surface area contributed by atoms with Crippen molar-refractivity contribution in [2.75, 3.05) is 19.8 Å². The van der Waals surface area contributed by atoms with Gasteiger partial charge in [0.15, 0.2) is 17.7 Å². The summed E-state index contributed by atoms with van der Waals surface area (Å²) in [5.74, 6) is 5.33. The molecule has 24 heavy (non-hydrogen) atoms. The van der Waals surface area contributed by atoms with Crippen molar-refractivity contribution in [2.45, 2.75) is 71.7 Å². The van der Waals surface area contributed by atoms with Gasteiger partial charge in [-0.2, -0.15) is 0 Å². The van der Waals surface area contributed by atoms with Gasteiger partial charge in [0.2, 0.25) is 0 Å². The molecular weight excluding hydrogens is 308 g/mol. The Morgan fingerprint density at radius 1 is 1.29 bits per heavy atom. The van der Waals surface area contributed by atoms with Crippen molar-refractivity contribution in [2.24, 2.45) is 5.41 Å². The van der Waals surface area contributed by atoms with Gasteiger partial charge in [0.1, 0.15) is 6.10 Å². The molecule has 5 heteroatoms. The minimum Gasteiger partial charge on any atom is -0.373 e. The summed E-state index contributed by atoms with van der Waals surface area (Å²) in [5, 5.41) is 11.3. The van der Waals surface area contributed by atoms with Crippen LogP contribution in [0.2, 0.25) is 0 Å². The lowest BCUT2D eigenvalue weighted by atomic mass is 9.63. The van der Waals surface area contributed by atoms with Crippen molar-refractivity contribution < 1.29 is 24.1 Å². The molecule has 1 N–H and O–H groups in total. The predicted molar refractivity (Wildman–Crippen MR) is 91.2 cm³/mol. The zero-order valence-electron chi connectivity index (χ0n) is 15.6.